The smallest absolute Gasteiger partial charge is 0.241 e. The Hall–Kier alpha value is -2.27. The van der Waals surface area contributed by atoms with Gasteiger partial charge in [0, 0.05) is 12.6 Å². The van der Waals surface area contributed by atoms with E-state index in [9.17, 15) is 13.6 Å². The summed E-state index contributed by atoms with van der Waals surface area (Å²) in [7, 11) is 1.83. The predicted molar refractivity (Wildman–Crippen MR) is 87.1 cm³/mol. The van der Waals surface area contributed by atoms with Crippen molar-refractivity contribution in [3.8, 4) is 0 Å². The first-order valence-electron chi connectivity index (χ1n) is 7.39. The third-order valence-corrected chi connectivity index (χ3v) is 3.91. The molecule has 0 aliphatic rings. The van der Waals surface area contributed by atoms with Gasteiger partial charge in [0.15, 0.2) is 0 Å². The van der Waals surface area contributed by atoms with Gasteiger partial charge in [0.2, 0.25) is 5.91 Å². The van der Waals surface area contributed by atoms with Crippen LogP contribution in [0.2, 0.25) is 0 Å². The molecule has 0 fully saturated rings. The summed E-state index contributed by atoms with van der Waals surface area (Å²) in [4.78, 5) is 14.1. The van der Waals surface area contributed by atoms with Crippen LogP contribution in [0.1, 0.15) is 18.1 Å². The van der Waals surface area contributed by atoms with Gasteiger partial charge in [-0.2, -0.15) is 0 Å². The molecule has 1 unspecified atom stereocenters. The number of anilines is 1. The first-order valence-corrected chi connectivity index (χ1v) is 7.39. The fraction of sp³-hybridized carbons (Fsp3) is 0.278. The van der Waals surface area contributed by atoms with Crippen LogP contribution in [0.15, 0.2) is 42.5 Å². The van der Waals surface area contributed by atoms with Gasteiger partial charge in [-0.05, 0) is 44.2 Å². The molecule has 2 aromatic rings. The highest BCUT2D eigenvalue weighted by molar-refractivity contribution is 5.94. The molecule has 0 aliphatic carbocycles. The number of benzene rings is 2. The van der Waals surface area contributed by atoms with Gasteiger partial charge in [-0.3, -0.25) is 9.69 Å². The number of amides is 1. The monoisotopic (exact) mass is 318 g/mol. The molecule has 2 rings (SSSR count). The fourth-order valence-electron chi connectivity index (χ4n) is 2.22. The molecule has 0 spiro atoms. The molecule has 0 heterocycles. The molecule has 2 aromatic carbocycles. The largest absolute Gasteiger partial charge is 0.322 e. The Bertz CT molecular complexity index is 703. The van der Waals surface area contributed by atoms with Crippen LogP contribution in [0.3, 0.4) is 0 Å². The Labute approximate surface area is 134 Å². The van der Waals surface area contributed by atoms with E-state index < -0.39 is 17.7 Å². The molecule has 0 aromatic heterocycles. The molecule has 122 valence electrons. The van der Waals surface area contributed by atoms with E-state index in [0.717, 1.165) is 23.3 Å². The molecule has 0 radical (unpaired) electrons. The highest BCUT2D eigenvalue weighted by Gasteiger charge is 2.20. The van der Waals surface area contributed by atoms with E-state index in [-0.39, 0.29) is 11.6 Å². The van der Waals surface area contributed by atoms with Crippen molar-refractivity contribution < 1.29 is 13.6 Å². The minimum absolute atomic E-state index is 0.0208. The van der Waals surface area contributed by atoms with E-state index in [1.807, 2.05) is 43.1 Å². The highest BCUT2D eigenvalue weighted by atomic mass is 19.1. The predicted octanol–water partition coefficient (Wildman–Crippen LogP) is 3.73. The lowest BCUT2D eigenvalue weighted by Crippen LogP contribution is -2.39. The van der Waals surface area contributed by atoms with Crippen LogP contribution in [0.4, 0.5) is 14.5 Å². The lowest BCUT2D eigenvalue weighted by Gasteiger charge is -2.24. The van der Waals surface area contributed by atoms with Gasteiger partial charge in [-0.1, -0.05) is 24.3 Å². The molecule has 0 bridgehead atoms. The van der Waals surface area contributed by atoms with Crippen molar-refractivity contribution in [2.24, 2.45) is 0 Å². The summed E-state index contributed by atoms with van der Waals surface area (Å²) in [6.07, 6.45) is 0. The zero-order valence-corrected chi connectivity index (χ0v) is 13.4. The minimum atomic E-state index is -0.785. The lowest BCUT2D eigenvalue weighted by molar-refractivity contribution is -0.120. The zero-order valence-electron chi connectivity index (χ0n) is 13.4. The average Bonchev–Trinajstić information content (AvgIpc) is 2.51. The zero-order chi connectivity index (χ0) is 17.0. The standard InChI is InChI=1S/C18H20F2N2O/c1-12-6-4-5-7-14(12)11-22(3)13(2)18(23)21-17-9-8-15(19)10-16(17)20/h4-10,13H,11H2,1-3H3,(H,21,23). The molecule has 0 saturated heterocycles. The molecular formula is C18H20F2N2O. The van der Waals surface area contributed by atoms with Gasteiger partial charge < -0.3 is 5.32 Å². The average molecular weight is 318 g/mol. The number of carbonyl (C=O) groups excluding carboxylic acids is 1. The van der Waals surface area contributed by atoms with E-state index in [4.69, 9.17) is 0 Å². The second-order valence-corrected chi connectivity index (χ2v) is 5.63. The Kier molecular flexibility index (Phi) is 5.45. The SMILES string of the molecule is Cc1ccccc1CN(C)C(C)C(=O)Nc1ccc(F)cc1F. The van der Waals surface area contributed by atoms with Crippen molar-refractivity contribution in [3.05, 3.63) is 65.2 Å². The van der Waals surface area contributed by atoms with Crippen LogP contribution in [0.25, 0.3) is 0 Å². The van der Waals surface area contributed by atoms with E-state index in [2.05, 4.69) is 5.32 Å². The Morgan fingerprint density at radius 2 is 1.91 bits per heavy atom. The minimum Gasteiger partial charge on any atom is -0.322 e. The molecular weight excluding hydrogens is 298 g/mol. The van der Waals surface area contributed by atoms with Gasteiger partial charge in [-0.25, -0.2) is 8.78 Å². The van der Waals surface area contributed by atoms with Crippen LogP contribution >= 0.6 is 0 Å². The first kappa shape index (κ1) is 17.1. The second kappa shape index (κ2) is 7.33. The van der Waals surface area contributed by atoms with Gasteiger partial charge >= 0.3 is 0 Å². The summed E-state index contributed by atoms with van der Waals surface area (Å²) in [5, 5.41) is 2.50. The number of likely N-dealkylation sites (N-methyl/N-ethyl adjacent to an activating group) is 1. The maximum atomic E-state index is 13.6. The van der Waals surface area contributed by atoms with Crippen molar-refractivity contribution in [1.29, 1.82) is 0 Å². The fourth-order valence-corrected chi connectivity index (χ4v) is 2.22. The van der Waals surface area contributed by atoms with Gasteiger partial charge in [0.25, 0.3) is 0 Å². The first-order chi connectivity index (χ1) is 10.9. The maximum absolute atomic E-state index is 13.6. The van der Waals surface area contributed by atoms with E-state index in [0.29, 0.717) is 6.54 Å². The van der Waals surface area contributed by atoms with E-state index >= 15 is 0 Å². The van der Waals surface area contributed by atoms with Crippen molar-refractivity contribution in [1.82, 2.24) is 4.90 Å². The Morgan fingerprint density at radius 3 is 2.57 bits per heavy atom. The Morgan fingerprint density at radius 1 is 1.22 bits per heavy atom. The third-order valence-electron chi connectivity index (χ3n) is 3.91. The quantitative estimate of drug-likeness (QED) is 0.911. The maximum Gasteiger partial charge on any atom is 0.241 e. The van der Waals surface area contributed by atoms with Crippen LogP contribution in [0, 0.1) is 18.6 Å². The van der Waals surface area contributed by atoms with Gasteiger partial charge in [0.05, 0.1) is 11.7 Å². The van der Waals surface area contributed by atoms with Gasteiger partial charge in [-0.15, -0.1) is 0 Å². The molecule has 23 heavy (non-hydrogen) atoms. The number of halogens is 2. The van der Waals surface area contributed by atoms with Crippen LogP contribution in [-0.2, 0) is 11.3 Å². The molecule has 5 heteroatoms. The molecule has 1 atom stereocenters. The normalized spacial score (nSPS) is 12.3. The number of rotatable bonds is 5. The summed E-state index contributed by atoms with van der Waals surface area (Å²) in [5.41, 5.74) is 2.26. The van der Waals surface area contributed by atoms with Crippen molar-refractivity contribution in [2.45, 2.75) is 26.4 Å². The van der Waals surface area contributed by atoms with E-state index in [1.165, 1.54) is 6.07 Å². The number of hydrogen-bond acceptors (Lipinski definition) is 2. The van der Waals surface area contributed by atoms with Crippen LogP contribution in [-0.4, -0.2) is 23.9 Å². The number of hydrogen-bond donors (Lipinski definition) is 1. The lowest BCUT2D eigenvalue weighted by atomic mass is 10.1. The van der Waals surface area contributed by atoms with Crippen molar-refractivity contribution >= 4 is 11.6 Å². The topological polar surface area (TPSA) is 32.3 Å². The van der Waals surface area contributed by atoms with Crippen LogP contribution in [0.5, 0.6) is 0 Å². The van der Waals surface area contributed by atoms with Crippen molar-refractivity contribution in [3.63, 3.8) is 0 Å². The summed E-state index contributed by atoms with van der Waals surface area (Å²) < 4.78 is 26.5. The van der Waals surface area contributed by atoms with Crippen molar-refractivity contribution in [2.75, 3.05) is 12.4 Å². The number of nitrogens with one attached hydrogen (secondary N) is 1. The highest BCUT2D eigenvalue weighted by Crippen LogP contribution is 2.16. The van der Waals surface area contributed by atoms with E-state index in [1.54, 1.807) is 6.92 Å². The summed E-state index contributed by atoms with van der Waals surface area (Å²) in [6, 6.07) is 10.6. The number of nitrogens with zero attached hydrogens (tertiary/aromatic N) is 1. The number of aryl methyl sites for hydroxylation is 1. The number of carbonyl (C=O) groups is 1. The molecule has 1 amide bonds. The molecule has 0 saturated carbocycles. The third kappa shape index (κ3) is 4.36. The second-order valence-electron chi connectivity index (χ2n) is 5.63. The summed E-state index contributed by atoms with van der Waals surface area (Å²) in [6.45, 7) is 4.37. The molecule has 3 nitrogen and oxygen atoms in total. The van der Waals surface area contributed by atoms with Crippen LogP contribution < -0.4 is 5.32 Å². The molecule has 0 aliphatic heterocycles. The molecule has 1 N–H and O–H groups in total. The summed E-state index contributed by atoms with van der Waals surface area (Å²) in [5.74, 6) is -1.80. The Balaban J connectivity index is 2.02. The van der Waals surface area contributed by atoms with Gasteiger partial charge in [0.1, 0.15) is 11.6 Å². The summed E-state index contributed by atoms with van der Waals surface area (Å²) >= 11 is 0.